The maximum absolute atomic E-state index is 12.1. The Morgan fingerprint density at radius 3 is 2.22 bits per heavy atom. The summed E-state index contributed by atoms with van der Waals surface area (Å²) in [4.78, 5) is 31.7. The van der Waals surface area contributed by atoms with Crippen molar-refractivity contribution in [1.29, 1.82) is 0 Å². The zero-order chi connectivity index (χ0) is 20.0. The highest BCUT2D eigenvalue weighted by Gasteiger charge is 2.55. The quantitative estimate of drug-likeness (QED) is 0.381. The summed E-state index contributed by atoms with van der Waals surface area (Å²) in [5.74, 6) is 0. The van der Waals surface area contributed by atoms with Gasteiger partial charge < -0.3 is 29.7 Å². The molecule has 0 bridgehead atoms. The van der Waals surface area contributed by atoms with E-state index in [0.717, 1.165) is 0 Å². The molecule has 1 aromatic rings. The van der Waals surface area contributed by atoms with Crippen molar-refractivity contribution < 1.29 is 55.9 Å². The third-order valence-corrected chi connectivity index (χ3v) is 8.88. The van der Waals surface area contributed by atoms with Crippen molar-refractivity contribution in [2.24, 2.45) is 0 Å². The van der Waals surface area contributed by atoms with Crippen molar-refractivity contribution in [3.63, 3.8) is 0 Å². The Morgan fingerprint density at radius 2 is 1.67 bits per heavy atom. The number of hydrogen-bond donors (Lipinski definition) is 5. The Labute approximate surface area is 150 Å². The van der Waals surface area contributed by atoms with Crippen LogP contribution < -0.4 is 5.56 Å². The van der Waals surface area contributed by atoms with Crippen LogP contribution in [0.15, 0.2) is 23.1 Å². The lowest BCUT2D eigenvalue weighted by molar-refractivity contribution is -0.0231. The maximum Gasteiger partial charge on any atom is 0.492 e. The van der Waals surface area contributed by atoms with Crippen molar-refractivity contribution in [2.45, 2.75) is 24.4 Å². The average Bonchev–Trinajstić information content (AvgIpc) is 2.79. The molecular formula is C10H14NO13P3. The summed E-state index contributed by atoms with van der Waals surface area (Å²) < 4.78 is 56.7. The molecule has 17 heteroatoms. The smallest absolute Gasteiger partial charge is 0.387 e. The first-order valence-electron chi connectivity index (χ1n) is 7.14. The fraction of sp³-hybridized carbons (Fsp3) is 0.500. The molecule has 0 spiro atoms. The highest BCUT2D eigenvalue weighted by atomic mass is 31.3. The van der Waals surface area contributed by atoms with Crippen molar-refractivity contribution in [2.75, 3.05) is 6.61 Å². The van der Waals surface area contributed by atoms with E-state index >= 15 is 0 Å². The molecule has 0 radical (unpaired) electrons. The summed E-state index contributed by atoms with van der Waals surface area (Å²) in [5, 5.41) is 20.1. The van der Waals surface area contributed by atoms with E-state index in [1.54, 1.807) is 0 Å². The number of H-pyrrole nitrogens is 1. The largest absolute Gasteiger partial charge is 0.492 e. The highest BCUT2D eigenvalue weighted by Crippen LogP contribution is 2.80. The van der Waals surface area contributed by atoms with Crippen molar-refractivity contribution in [3.05, 3.63) is 34.2 Å². The molecule has 0 aliphatic carbocycles. The Hall–Kier alpha value is -0.720. The van der Waals surface area contributed by atoms with Gasteiger partial charge in [0.1, 0.15) is 24.4 Å². The lowest BCUT2D eigenvalue weighted by atomic mass is 10.0. The Kier molecular flexibility index (Phi) is 5.65. The maximum atomic E-state index is 12.1. The van der Waals surface area contributed by atoms with E-state index in [0.29, 0.717) is 5.56 Å². The van der Waals surface area contributed by atoms with Crippen LogP contribution in [-0.2, 0) is 35.9 Å². The molecule has 2 saturated heterocycles. The molecule has 1 aromatic heterocycles. The predicted octanol–water partition coefficient (Wildman–Crippen LogP) is -0.0745. The molecule has 5 N–H and O–H groups in total. The summed E-state index contributed by atoms with van der Waals surface area (Å²) in [6, 6.07) is 2.51. The molecule has 3 heterocycles. The van der Waals surface area contributed by atoms with Gasteiger partial charge in [-0.25, -0.2) is 13.7 Å². The second-order valence-corrected chi connectivity index (χ2v) is 10.5. The van der Waals surface area contributed by atoms with E-state index in [9.17, 15) is 28.7 Å². The van der Waals surface area contributed by atoms with Gasteiger partial charge in [-0.05, 0) is 11.6 Å². The Balaban J connectivity index is 1.70. The SMILES string of the molecule is O=c1ccc([C@@H]2O[C@H](COP3(=O)OP(=O)(O)OP(=O)(O)O3)C(O)[C@@H]2O)c[nH]1. The van der Waals surface area contributed by atoms with Gasteiger partial charge in [-0.1, -0.05) is 0 Å². The number of phosphoric acid groups is 3. The second-order valence-electron chi connectivity index (χ2n) is 5.49. The standard InChI is InChI=1S/C10H14NO13P3/c12-7-2-1-5(3-11-7)10-9(14)8(13)6(21-10)4-20-27(19)23-25(15,16)22-26(17,18)24-27/h1-3,6,8-10,13-14H,4H2,(H,11,12)(H,15,16)(H,17,18)/t6-,8?,9+,10+/m1/s1. The fourth-order valence-corrected chi connectivity index (χ4v) is 7.34. The molecule has 2 aliphatic rings. The van der Waals surface area contributed by atoms with Crippen LogP contribution in [0.4, 0.5) is 0 Å². The minimum Gasteiger partial charge on any atom is -0.387 e. The summed E-state index contributed by atoms with van der Waals surface area (Å²) in [7, 11) is -15.4. The molecule has 2 aliphatic heterocycles. The average molecular weight is 449 g/mol. The minimum absolute atomic E-state index is 0.313. The topological polar surface area (TPSA) is 211 Å². The second kappa shape index (κ2) is 7.27. The Bertz CT molecular complexity index is 867. The lowest BCUT2D eigenvalue weighted by Crippen LogP contribution is -2.33. The first-order chi connectivity index (χ1) is 12.4. The van der Waals surface area contributed by atoms with Crippen LogP contribution in [0, 0.1) is 0 Å². The van der Waals surface area contributed by atoms with Gasteiger partial charge in [-0.2, -0.15) is 12.9 Å². The zero-order valence-electron chi connectivity index (χ0n) is 13.1. The van der Waals surface area contributed by atoms with Crippen LogP contribution in [0.1, 0.15) is 11.7 Å². The van der Waals surface area contributed by atoms with Gasteiger partial charge in [0.05, 0.1) is 6.61 Å². The van der Waals surface area contributed by atoms with E-state index in [4.69, 9.17) is 14.5 Å². The summed E-state index contributed by atoms with van der Waals surface area (Å²) in [6.07, 6.45) is -4.18. The van der Waals surface area contributed by atoms with Crippen LogP contribution in [-0.4, -0.2) is 49.9 Å². The fourth-order valence-electron chi connectivity index (χ4n) is 2.40. The number of aromatic nitrogens is 1. The third kappa shape index (κ3) is 4.83. The predicted molar refractivity (Wildman–Crippen MR) is 83.2 cm³/mol. The monoisotopic (exact) mass is 449 g/mol. The first-order valence-corrected chi connectivity index (χ1v) is 11.6. The van der Waals surface area contributed by atoms with Crippen molar-refractivity contribution >= 4 is 23.5 Å². The van der Waals surface area contributed by atoms with Crippen LogP contribution in [0.3, 0.4) is 0 Å². The number of aliphatic hydroxyl groups excluding tert-OH is 2. The van der Waals surface area contributed by atoms with Gasteiger partial charge in [0, 0.05) is 12.3 Å². The third-order valence-electron chi connectivity index (χ3n) is 3.51. The molecule has 3 rings (SSSR count). The van der Waals surface area contributed by atoms with Crippen molar-refractivity contribution in [3.8, 4) is 0 Å². The molecule has 14 nitrogen and oxygen atoms in total. The van der Waals surface area contributed by atoms with Crippen LogP contribution in [0.5, 0.6) is 0 Å². The molecule has 0 aromatic carbocycles. The van der Waals surface area contributed by atoms with E-state index in [2.05, 4.69) is 22.4 Å². The molecule has 0 amide bonds. The number of rotatable bonds is 4. The summed E-state index contributed by atoms with van der Waals surface area (Å²) >= 11 is 0. The number of nitrogens with one attached hydrogen (secondary N) is 1. The van der Waals surface area contributed by atoms with Crippen LogP contribution in [0.25, 0.3) is 0 Å². The van der Waals surface area contributed by atoms with Gasteiger partial charge in [-0.3, -0.25) is 9.32 Å². The minimum atomic E-state index is -5.20. The zero-order valence-corrected chi connectivity index (χ0v) is 15.7. The van der Waals surface area contributed by atoms with Gasteiger partial charge >= 0.3 is 23.5 Å². The number of ether oxygens (including phenoxy) is 1. The van der Waals surface area contributed by atoms with E-state index in [1.807, 2.05) is 0 Å². The van der Waals surface area contributed by atoms with Crippen LogP contribution in [0.2, 0.25) is 0 Å². The molecule has 152 valence electrons. The number of aliphatic hydroxyl groups is 2. The molecule has 3 unspecified atom stereocenters. The summed E-state index contributed by atoms with van der Waals surface area (Å²) in [6.45, 7) is -0.810. The normalized spacial score (nSPS) is 45.0. The molecule has 0 saturated carbocycles. The van der Waals surface area contributed by atoms with E-state index < -0.39 is 60.1 Å². The van der Waals surface area contributed by atoms with Gasteiger partial charge in [0.2, 0.25) is 5.56 Å². The van der Waals surface area contributed by atoms with Gasteiger partial charge in [0.25, 0.3) is 0 Å². The lowest BCUT2D eigenvalue weighted by Gasteiger charge is -2.27. The number of pyridine rings is 1. The Morgan fingerprint density at radius 1 is 1.04 bits per heavy atom. The number of aromatic amines is 1. The summed E-state index contributed by atoms with van der Waals surface area (Å²) in [5.41, 5.74) is -0.0889. The van der Waals surface area contributed by atoms with E-state index in [1.165, 1.54) is 18.3 Å². The molecule has 2 fully saturated rings. The number of hydrogen-bond acceptors (Lipinski definition) is 11. The molecule has 6 atom stereocenters. The highest BCUT2D eigenvalue weighted by molar-refractivity contribution is 7.74. The van der Waals surface area contributed by atoms with Gasteiger partial charge in [0.15, 0.2) is 0 Å². The van der Waals surface area contributed by atoms with Crippen LogP contribution >= 0.6 is 23.5 Å². The molecular weight excluding hydrogens is 435 g/mol. The van der Waals surface area contributed by atoms with Gasteiger partial charge in [-0.15, -0.1) is 0 Å². The first kappa shape index (κ1) is 21.0. The van der Waals surface area contributed by atoms with E-state index in [-0.39, 0.29) is 0 Å². The van der Waals surface area contributed by atoms with Crippen molar-refractivity contribution in [1.82, 2.24) is 4.98 Å². The molecule has 27 heavy (non-hydrogen) atoms.